The summed E-state index contributed by atoms with van der Waals surface area (Å²) < 4.78 is 44.1. The van der Waals surface area contributed by atoms with E-state index in [1.165, 1.54) is 18.2 Å². The second-order valence-corrected chi connectivity index (χ2v) is 6.56. The fraction of sp³-hybridized carbons (Fsp3) is 0.118. The van der Waals surface area contributed by atoms with E-state index in [4.69, 9.17) is 4.74 Å². The van der Waals surface area contributed by atoms with E-state index in [0.29, 0.717) is 0 Å². The van der Waals surface area contributed by atoms with E-state index in [9.17, 15) is 28.1 Å². The maximum atomic E-state index is 12.9. The molecule has 1 fully saturated rings. The van der Waals surface area contributed by atoms with E-state index in [1.54, 1.807) is 0 Å². The van der Waals surface area contributed by atoms with Crippen LogP contribution in [0.1, 0.15) is 11.1 Å². The van der Waals surface area contributed by atoms with Crippen LogP contribution >= 0.6 is 11.8 Å². The highest BCUT2D eigenvalue weighted by atomic mass is 32.2. The predicted octanol–water partition coefficient (Wildman–Crippen LogP) is 3.96. The highest BCUT2D eigenvalue weighted by Crippen LogP contribution is 2.34. The van der Waals surface area contributed by atoms with Crippen LogP contribution in [0.25, 0.3) is 0 Å². The van der Waals surface area contributed by atoms with Gasteiger partial charge in [0.2, 0.25) is 5.91 Å². The number of nitro groups is 1. The molecule has 0 radical (unpaired) electrons. The number of hydrogen-bond donors (Lipinski definition) is 1. The maximum absolute atomic E-state index is 12.9. The summed E-state index contributed by atoms with van der Waals surface area (Å²) in [4.78, 5) is 21.5. The molecule has 0 saturated carbocycles. The van der Waals surface area contributed by atoms with Crippen LogP contribution < -0.4 is 10.1 Å². The summed E-state index contributed by atoms with van der Waals surface area (Å²) in [7, 11) is 0. The Kier molecular flexibility index (Phi) is 5.82. The molecule has 0 atom stereocenters. The van der Waals surface area contributed by atoms with Crippen molar-refractivity contribution in [3.8, 4) is 11.5 Å². The molecular weight excluding hydrogens is 413 g/mol. The van der Waals surface area contributed by atoms with Crippen LogP contribution in [0.2, 0.25) is 0 Å². The summed E-state index contributed by atoms with van der Waals surface area (Å²) in [6.07, 6.45) is -3.40. The molecule has 150 valence electrons. The SMILES string of the molecule is O=C1CSC(=NN=Cc2cc([N+](=O)[O-])ccc2Oc2cccc(C(F)(F)F)c2)N1. The van der Waals surface area contributed by atoms with E-state index in [0.717, 1.165) is 42.2 Å². The number of nitrogens with zero attached hydrogens (tertiary/aromatic N) is 3. The third-order valence-electron chi connectivity index (χ3n) is 3.53. The van der Waals surface area contributed by atoms with Crippen LogP contribution in [0.4, 0.5) is 18.9 Å². The molecule has 1 aliphatic heterocycles. The molecule has 2 aromatic rings. The fourth-order valence-electron chi connectivity index (χ4n) is 2.23. The maximum Gasteiger partial charge on any atom is 0.416 e. The van der Waals surface area contributed by atoms with Gasteiger partial charge in [-0.3, -0.25) is 14.9 Å². The molecule has 12 heteroatoms. The van der Waals surface area contributed by atoms with Crippen LogP contribution in [0.15, 0.2) is 52.7 Å². The molecule has 8 nitrogen and oxygen atoms in total. The van der Waals surface area contributed by atoms with E-state index in [2.05, 4.69) is 15.5 Å². The monoisotopic (exact) mass is 424 g/mol. The summed E-state index contributed by atoms with van der Waals surface area (Å²) in [5, 5.41) is 21.3. The normalized spacial score (nSPS) is 15.7. The third kappa shape index (κ3) is 5.31. The number of ether oxygens (including phenoxy) is 1. The van der Waals surface area contributed by atoms with Gasteiger partial charge in [0.05, 0.1) is 22.5 Å². The quantitative estimate of drug-likeness (QED) is 0.444. The molecule has 1 amide bonds. The van der Waals surface area contributed by atoms with Gasteiger partial charge in [0.1, 0.15) is 11.5 Å². The zero-order valence-electron chi connectivity index (χ0n) is 14.3. The van der Waals surface area contributed by atoms with Crippen molar-refractivity contribution >= 4 is 34.7 Å². The highest BCUT2D eigenvalue weighted by molar-refractivity contribution is 8.15. The highest BCUT2D eigenvalue weighted by Gasteiger charge is 2.30. The number of nitrogens with one attached hydrogen (secondary N) is 1. The van der Waals surface area contributed by atoms with Crippen LogP contribution in [-0.4, -0.2) is 28.0 Å². The van der Waals surface area contributed by atoms with E-state index >= 15 is 0 Å². The van der Waals surface area contributed by atoms with E-state index < -0.39 is 16.7 Å². The number of non-ortho nitro benzene ring substituents is 1. The zero-order valence-corrected chi connectivity index (χ0v) is 15.2. The summed E-state index contributed by atoms with van der Waals surface area (Å²) in [6, 6.07) is 7.76. The molecule has 3 rings (SSSR count). The average molecular weight is 424 g/mol. The first-order valence-corrected chi connectivity index (χ1v) is 8.88. The number of carbonyl (C=O) groups excluding carboxylic acids is 1. The lowest BCUT2D eigenvalue weighted by molar-refractivity contribution is -0.384. The van der Waals surface area contributed by atoms with Crippen molar-refractivity contribution in [1.82, 2.24) is 5.32 Å². The first-order chi connectivity index (χ1) is 13.7. The fourth-order valence-corrected chi connectivity index (χ4v) is 2.86. The van der Waals surface area contributed by atoms with Crippen LogP contribution in [0, 0.1) is 10.1 Å². The minimum atomic E-state index is -4.54. The molecule has 0 aliphatic carbocycles. The third-order valence-corrected chi connectivity index (χ3v) is 4.39. The van der Waals surface area contributed by atoms with Crippen molar-refractivity contribution in [3.05, 3.63) is 63.7 Å². The zero-order chi connectivity index (χ0) is 21.0. The van der Waals surface area contributed by atoms with Crippen molar-refractivity contribution < 1.29 is 27.6 Å². The van der Waals surface area contributed by atoms with Gasteiger partial charge in [0.25, 0.3) is 5.69 Å². The Hall–Kier alpha value is -3.41. The van der Waals surface area contributed by atoms with Crippen LogP contribution in [-0.2, 0) is 11.0 Å². The van der Waals surface area contributed by atoms with E-state index in [1.807, 2.05) is 0 Å². The summed E-state index contributed by atoms with van der Waals surface area (Å²) in [5.41, 5.74) is -1.04. The van der Waals surface area contributed by atoms with Gasteiger partial charge in [-0.25, -0.2) is 0 Å². The number of carbonyl (C=O) groups is 1. The molecule has 1 heterocycles. The molecule has 29 heavy (non-hydrogen) atoms. The summed E-state index contributed by atoms with van der Waals surface area (Å²) in [6.45, 7) is 0. The molecule has 2 aromatic carbocycles. The van der Waals surface area contributed by atoms with Gasteiger partial charge in [-0.2, -0.15) is 18.3 Å². The molecular formula is C17H11F3N4O4S. The standard InChI is InChI=1S/C17H11F3N4O4S/c18-17(19,20)11-2-1-3-13(7-11)28-14-5-4-12(24(26)27)6-10(14)8-21-23-16-22-15(25)9-29-16/h1-8H,9H2,(H,22,23,25). The van der Waals surface area contributed by atoms with Gasteiger partial charge in [0.15, 0.2) is 5.17 Å². The summed E-state index contributed by atoms with van der Waals surface area (Å²) in [5.74, 6) is -0.0853. The van der Waals surface area contributed by atoms with Crippen LogP contribution in [0.5, 0.6) is 11.5 Å². The van der Waals surface area contributed by atoms with Gasteiger partial charge in [-0.05, 0) is 24.3 Å². The Morgan fingerprint density at radius 1 is 1.24 bits per heavy atom. The number of nitro benzene ring substituents is 1. The van der Waals surface area contributed by atoms with Crippen LogP contribution in [0.3, 0.4) is 0 Å². The molecule has 0 aromatic heterocycles. The average Bonchev–Trinajstić information content (AvgIpc) is 3.07. The second kappa shape index (κ2) is 8.31. The number of amides is 1. The first kappa shape index (κ1) is 20.3. The molecule has 0 unspecified atom stereocenters. The number of thioether (sulfide) groups is 1. The molecule has 1 saturated heterocycles. The Morgan fingerprint density at radius 3 is 2.69 bits per heavy atom. The predicted molar refractivity (Wildman–Crippen MR) is 100 cm³/mol. The number of alkyl halides is 3. The van der Waals surface area contributed by atoms with Gasteiger partial charge < -0.3 is 10.1 Å². The van der Waals surface area contributed by atoms with Gasteiger partial charge in [-0.1, -0.05) is 17.8 Å². The van der Waals surface area contributed by atoms with Crippen molar-refractivity contribution in [2.24, 2.45) is 10.2 Å². The Bertz CT molecular complexity index is 1020. The largest absolute Gasteiger partial charge is 0.457 e. The van der Waals surface area contributed by atoms with Gasteiger partial charge >= 0.3 is 6.18 Å². The Labute approximate surface area is 165 Å². The van der Waals surface area contributed by atoms with Crippen molar-refractivity contribution in [1.29, 1.82) is 0 Å². The topological polar surface area (TPSA) is 106 Å². The number of hydrogen-bond acceptors (Lipinski definition) is 7. The Morgan fingerprint density at radius 2 is 2.03 bits per heavy atom. The molecule has 1 aliphatic rings. The van der Waals surface area contributed by atoms with Crippen molar-refractivity contribution in [2.45, 2.75) is 6.18 Å². The van der Waals surface area contributed by atoms with Gasteiger partial charge in [0, 0.05) is 17.7 Å². The van der Waals surface area contributed by atoms with E-state index in [-0.39, 0.29) is 39.6 Å². The number of rotatable bonds is 5. The second-order valence-electron chi connectivity index (χ2n) is 5.59. The van der Waals surface area contributed by atoms with Crippen molar-refractivity contribution in [2.75, 3.05) is 5.75 Å². The smallest absolute Gasteiger partial charge is 0.416 e. The number of amidine groups is 1. The molecule has 1 N–H and O–H groups in total. The van der Waals surface area contributed by atoms with Gasteiger partial charge in [-0.15, -0.1) is 5.10 Å². The number of halogens is 3. The lowest BCUT2D eigenvalue weighted by Gasteiger charge is -2.11. The minimum Gasteiger partial charge on any atom is -0.457 e. The molecule has 0 spiro atoms. The lowest BCUT2D eigenvalue weighted by Crippen LogP contribution is -2.19. The Balaban J connectivity index is 1.90. The first-order valence-electron chi connectivity index (χ1n) is 7.89. The minimum absolute atomic E-state index is 0.0435. The summed E-state index contributed by atoms with van der Waals surface area (Å²) >= 11 is 1.13. The van der Waals surface area contributed by atoms with Crippen molar-refractivity contribution in [3.63, 3.8) is 0 Å². The molecule has 0 bridgehead atoms. The lowest BCUT2D eigenvalue weighted by atomic mass is 10.2. The number of benzene rings is 2.